The summed E-state index contributed by atoms with van der Waals surface area (Å²) in [5.41, 5.74) is 3.96. The molecule has 1 saturated carbocycles. The topological polar surface area (TPSA) is 91.4 Å². The number of ether oxygens (including phenoxy) is 2. The number of aryl methyl sites for hydroxylation is 1. The summed E-state index contributed by atoms with van der Waals surface area (Å²) < 4.78 is 28.0. The highest BCUT2D eigenvalue weighted by atomic mass is 35.5. The maximum Gasteiger partial charge on any atom is 0.263 e. The van der Waals surface area contributed by atoms with Crippen molar-refractivity contribution < 1.29 is 23.3 Å². The van der Waals surface area contributed by atoms with E-state index in [1.54, 1.807) is 13.2 Å². The van der Waals surface area contributed by atoms with Crippen LogP contribution in [0.25, 0.3) is 0 Å². The van der Waals surface area contributed by atoms with Crippen molar-refractivity contribution in [2.24, 2.45) is 23.7 Å². The molecule has 11 heteroatoms. The summed E-state index contributed by atoms with van der Waals surface area (Å²) in [6.45, 7) is 12.7. The highest BCUT2D eigenvalue weighted by Gasteiger charge is 2.40. The molecule has 7 unspecified atom stereocenters. The zero-order valence-corrected chi connectivity index (χ0v) is 32.5. The smallest absolute Gasteiger partial charge is 0.263 e. The third kappa shape index (κ3) is 9.11. The SMILES string of the molecule is CCCc1cc(Cl)ccc1C1COc2ccc3cc2N(C1)CC1CCC1C(CN1CCN(CCOC)C(=O)C1)CCCC(C)C(C)S(=O)NC3=O. The van der Waals surface area contributed by atoms with Crippen molar-refractivity contribution in [1.29, 1.82) is 0 Å². The molecule has 1 saturated heterocycles. The molecule has 280 valence electrons. The fourth-order valence-electron chi connectivity index (χ4n) is 8.69. The number of halogens is 1. The Kier molecular flexibility index (Phi) is 13.0. The number of carbonyl (C=O) groups is 2. The third-order valence-electron chi connectivity index (χ3n) is 12.1. The first-order chi connectivity index (χ1) is 24.6. The number of nitrogens with zero attached hydrogens (tertiary/aromatic N) is 3. The fraction of sp³-hybridized carbons (Fsp3) is 0.650. The van der Waals surface area contributed by atoms with E-state index in [-0.39, 0.29) is 28.9 Å². The number of fused-ring (bicyclic) bond motifs is 2. The van der Waals surface area contributed by atoms with E-state index in [0.29, 0.717) is 49.6 Å². The van der Waals surface area contributed by atoms with Crippen molar-refractivity contribution in [2.75, 3.05) is 71.0 Å². The Morgan fingerprint density at radius 2 is 1.88 bits per heavy atom. The maximum atomic E-state index is 13.5. The van der Waals surface area contributed by atoms with E-state index in [9.17, 15) is 13.8 Å². The average Bonchev–Trinajstić information content (AvgIpc) is 3.28. The molecule has 3 heterocycles. The van der Waals surface area contributed by atoms with Crippen LogP contribution in [0.15, 0.2) is 36.4 Å². The van der Waals surface area contributed by atoms with Gasteiger partial charge in [-0.3, -0.25) is 19.2 Å². The second-order valence-corrected chi connectivity index (χ2v) is 17.4. The van der Waals surface area contributed by atoms with Gasteiger partial charge < -0.3 is 19.3 Å². The van der Waals surface area contributed by atoms with Crippen LogP contribution in [0.4, 0.5) is 5.69 Å². The van der Waals surface area contributed by atoms with E-state index >= 15 is 0 Å². The van der Waals surface area contributed by atoms with Crippen LogP contribution in [-0.4, -0.2) is 97.2 Å². The highest BCUT2D eigenvalue weighted by Crippen LogP contribution is 2.45. The van der Waals surface area contributed by atoms with Crippen LogP contribution in [0.3, 0.4) is 0 Å². The van der Waals surface area contributed by atoms with Crippen molar-refractivity contribution in [3.63, 3.8) is 0 Å². The predicted octanol–water partition coefficient (Wildman–Crippen LogP) is 6.31. The first-order valence-corrected chi connectivity index (χ1v) is 20.7. The molecule has 51 heavy (non-hydrogen) atoms. The number of amides is 2. The molecule has 1 N–H and O–H groups in total. The number of methoxy groups -OCH3 is 1. The van der Waals surface area contributed by atoms with Gasteiger partial charge in [-0.15, -0.1) is 0 Å². The number of carbonyl (C=O) groups excluding carboxylic acids is 2. The monoisotopic (exact) mass is 740 g/mol. The molecule has 2 fully saturated rings. The lowest BCUT2D eigenvalue weighted by Gasteiger charge is -2.47. The van der Waals surface area contributed by atoms with Crippen molar-refractivity contribution in [3.05, 3.63) is 58.1 Å². The molecule has 0 spiro atoms. The van der Waals surface area contributed by atoms with Crippen LogP contribution in [0, 0.1) is 23.7 Å². The number of rotatable bonds is 8. The molecule has 0 radical (unpaired) electrons. The lowest BCUT2D eigenvalue weighted by atomic mass is 9.65. The number of piperazine rings is 1. The average molecular weight is 741 g/mol. The standard InChI is InChI=1S/C40H57ClN4O5S/c1-5-7-29-20-34(41)12-14-35(29)33-24-45-23-32-10-13-36(32)31(22-43-16-17-44(18-19-49-4)39(46)25-43)9-6-8-27(2)28(3)51(48)42-40(47)30-11-15-38(50-26-33)37(45)21-30/h11-12,14-15,20-21,27-28,31-33,36H,5-10,13,16-19,22-26H2,1-4H3,(H,42,47). The first-order valence-electron chi connectivity index (χ1n) is 19.2. The zero-order chi connectivity index (χ0) is 36.1. The molecule has 2 aromatic carbocycles. The Morgan fingerprint density at radius 1 is 1.04 bits per heavy atom. The minimum atomic E-state index is -1.51. The Labute approximate surface area is 312 Å². The molecule has 7 atom stereocenters. The highest BCUT2D eigenvalue weighted by molar-refractivity contribution is 7.84. The first kappa shape index (κ1) is 38.1. The van der Waals surface area contributed by atoms with Crippen LogP contribution in [0.1, 0.15) is 86.7 Å². The lowest BCUT2D eigenvalue weighted by Crippen LogP contribution is -2.53. The van der Waals surface area contributed by atoms with Crippen LogP contribution >= 0.6 is 11.6 Å². The van der Waals surface area contributed by atoms with Gasteiger partial charge in [-0.05, 0) is 104 Å². The number of hydrogen-bond acceptors (Lipinski definition) is 7. The summed E-state index contributed by atoms with van der Waals surface area (Å²) in [5, 5.41) is 0.580. The van der Waals surface area contributed by atoms with Crippen LogP contribution in [0.2, 0.25) is 5.02 Å². The van der Waals surface area contributed by atoms with Gasteiger partial charge in [0.15, 0.2) is 0 Å². The van der Waals surface area contributed by atoms with Crippen LogP contribution < -0.4 is 14.4 Å². The van der Waals surface area contributed by atoms with Gasteiger partial charge in [0.05, 0.1) is 30.7 Å². The molecule has 2 amide bonds. The van der Waals surface area contributed by atoms with E-state index in [0.717, 1.165) is 87.7 Å². The summed E-state index contributed by atoms with van der Waals surface area (Å²) in [6, 6.07) is 11.9. The molecule has 0 aromatic heterocycles. The number of benzene rings is 2. The van der Waals surface area contributed by atoms with Gasteiger partial charge in [-0.2, -0.15) is 0 Å². The van der Waals surface area contributed by atoms with Gasteiger partial charge in [-0.1, -0.05) is 44.4 Å². The second-order valence-electron chi connectivity index (χ2n) is 15.4. The summed E-state index contributed by atoms with van der Waals surface area (Å²) in [6.07, 6.45) is 7.39. The summed E-state index contributed by atoms with van der Waals surface area (Å²) in [7, 11) is 0.169. The fourth-order valence-corrected chi connectivity index (χ4v) is 9.93. The van der Waals surface area contributed by atoms with Crippen molar-refractivity contribution in [3.8, 4) is 5.75 Å². The lowest BCUT2D eigenvalue weighted by molar-refractivity contribution is -0.137. The Bertz CT molecular complexity index is 1560. The Hall–Kier alpha value is -2.66. The molecule has 1 aliphatic carbocycles. The van der Waals surface area contributed by atoms with Gasteiger partial charge in [0.25, 0.3) is 5.91 Å². The zero-order valence-electron chi connectivity index (χ0n) is 30.9. The van der Waals surface area contributed by atoms with E-state index in [1.807, 2.05) is 30.0 Å². The minimum absolute atomic E-state index is 0.128. The second kappa shape index (κ2) is 17.4. The maximum absolute atomic E-state index is 13.5. The van der Waals surface area contributed by atoms with Gasteiger partial charge >= 0.3 is 0 Å². The molecule has 9 nitrogen and oxygen atoms in total. The van der Waals surface area contributed by atoms with Crippen LogP contribution in [-0.2, 0) is 26.9 Å². The summed E-state index contributed by atoms with van der Waals surface area (Å²) >= 11 is 6.48. The number of nitrogens with one attached hydrogen (secondary N) is 1. The van der Waals surface area contributed by atoms with Crippen molar-refractivity contribution in [2.45, 2.75) is 76.9 Å². The predicted molar refractivity (Wildman–Crippen MR) is 205 cm³/mol. The molecule has 3 aliphatic heterocycles. The largest absolute Gasteiger partial charge is 0.491 e. The third-order valence-corrected chi connectivity index (χ3v) is 13.8. The molecule has 6 rings (SSSR count). The van der Waals surface area contributed by atoms with Gasteiger partial charge in [0.1, 0.15) is 16.7 Å². The van der Waals surface area contributed by atoms with Crippen molar-refractivity contribution in [1.82, 2.24) is 14.5 Å². The molecule has 2 aromatic rings. The minimum Gasteiger partial charge on any atom is -0.491 e. The summed E-state index contributed by atoms with van der Waals surface area (Å²) in [5.74, 6) is 2.49. The molecular weight excluding hydrogens is 684 g/mol. The van der Waals surface area contributed by atoms with Gasteiger partial charge in [0, 0.05) is 62.9 Å². The van der Waals surface area contributed by atoms with Gasteiger partial charge in [0.2, 0.25) is 5.91 Å². The van der Waals surface area contributed by atoms with E-state index in [2.05, 4.69) is 40.5 Å². The Morgan fingerprint density at radius 3 is 2.63 bits per heavy atom. The van der Waals surface area contributed by atoms with Crippen molar-refractivity contribution >= 4 is 40.1 Å². The molecule has 4 aliphatic rings. The van der Waals surface area contributed by atoms with E-state index in [1.165, 1.54) is 17.5 Å². The van der Waals surface area contributed by atoms with Crippen LogP contribution in [0.5, 0.6) is 5.75 Å². The number of anilines is 1. The van der Waals surface area contributed by atoms with E-state index < -0.39 is 11.0 Å². The molecular formula is C40H57ClN4O5S. The normalized spacial score (nSPS) is 29.4. The quantitative estimate of drug-likeness (QED) is 0.340. The number of hydrogen-bond donors (Lipinski definition) is 1. The summed E-state index contributed by atoms with van der Waals surface area (Å²) in [4.78, 5) is 33.4. The molecule has 2 bridgehead atoms. The Balaban J connectivity index is 1.30. The van der Waals surface area contributed by atoms with E-state index in [4.69, 9.17) is 21.1 Å². The van der Waals surface area contributed by atoms with Gasteiger partial charge in [-0.25, -0.2) is 4.21 Å².